The summed E-state index contributed by atoms with van der Waals surface area (Å²) in [4.78, 5) is 15.3. The highest BCUT2D eigenvalue weighted by molar-refractivity contribution is 5.98. The number of fused-ring (bicyclic) bond motifs is 2. The van der Waals surface area contributed by atoms with Crippen LogP contribution in [-0.2, 0) is 6.54 Å². The normalized spacial score (nSPS) is 17.0. The predicted octanol–water partition coefficient (Wildman–Crippen LogP) is 3.68. The monoisotopic (exact) mass is 401 g/mol. The molecule has 0 aliphatic carbocycles. The quantitative estimate of drug-likeness (QED) is 0.624. The third-order valence-electron chi connectivity index (χ3n) is 6.05. The summed E-state index contributed by atoms with van der Waals surface area (Å²) in [5.41, 5.74) is 3.42. The van der Waals surface area contributed by atoms with Crippen molar-refractivity contribution < 1.29 is 14.3 Å². The van der Waals surface area contributed by atoms with E-state index in [1.807, 2.05) is 53.2 Å². The molecule has 6 heteroatoms. The number of ketones is 1. The Balaban J connectivity index is 1.25. The second-order valence-electron chi connectivity index (χ2n) is 7.91. The number of Topliss-reactive ketones (excluding diaryl/α,β-unsaturated/α-hetero) is 1. The van der Waals surface area contributed by atoms with Gasteiger partial charge in [-0.3, -0.25) is 9.69 Å². The Morgan fingerprint density at radius 3 is 2.70 bits per heavy atom. The number of aromatic nitrogens is 1. The maximum atomic E-state index is 13.0. The second-order valence-corrected chi connectivity index (χ2v) is 7.91. The van der Waals surface area contributed by atoms with Gasteiger partial charge in [-0.05, 0) is 56.3 Å². The lowest BCUT2D eigenvalue weighted by molar-refractivity contribution is 0.0833. The van der Waals surface area contributed by atoms with Crippen molar-refractivity contribution in [2.45, 2.75) is 19.4 Å². The summed E-state index contributed by atoms with van der Waals surface area (Å²) in [6.07, 6.45) is 5.66. The molecule has 0 saturated carbocycles. The van der Waals surface area contributed by atoms with Crippen LogP contribution in [0.15, 0.2) is 48.8 Å². The molecule has 0 radical (unpaired) electrons. The Bertz CT molecular complexity index is 1140. The Labute approximate surface area is 175 Å². The average molecular weight is 401 g/mol. The molecule has 0 N–H and O–H groups in total. The number of benzene rings is 1. The van der Waals surface area contributed by atoms with E-state index in [2.05, 4.69) is 11.0 Å². The van der Waals surface area contributed by atoms with Gasteiger partial charge in [-0.2, -0.15) is 5.26 Å². The van der Waals surface area contributed by atoms with E-state index >= 15 is 0 Å². The van der Waals surface area contributed by atoms with Crippen LogP contribution in [0.25, 0.3) is 5.52 Å². The maximum absolute atomic E-state index is 13.0. The SMILES string of the molecule is N#Cc1c(CN2CCC(C(=O)c3ccc4c(c3)OCCO4)CC2)cn2ccccc12. The summed E-state index contributed by atoms with van der Waals surface area (Å²) in [6, 6.07) is 13.7. The molecule has 152 valence electrons. The Morgan fingerprint density at radius 1 is 1.10 bits per heavy atom. The average Bonchev–Trinajstić information content (AvgIpc) is 3.15. The summed E-state index contributed by atoms with van der Waals surface area (Å²) in [5, 5.41) is 9.61. The molecule has 5 rings (SSSR count). The molecule has 2 aliphatic heterocycles. The molecule has 0 unspecified atom stereocenters. The number of nitriles is 1. The van der Waals surface area contributed by atoms with Gasteiger partial charge in [0.15, 0.2) is 17.3 Å². The van der Waals surface area contributed by atoms with Gasteiger partial charge in [-0.25, -0.2) is 0 Å². The minimum Gasteiger partial charge on any atom is -0.486 e. The number of pyridine rings is 1. The van der Waals surface area contributed by atoms with Crippen molar-refractivity contribution in [3.63, 3.8) is 0 Å². The van der Waals surface area contributed by atoms with Crippen LogP contribution in [0.3, 0.4) is 0 Å². The van der Waals surface area contributed by atoms with E-state index in [1.54, 1.807) is 0 Å². The first-order valence-electron chi connectivity index (χ1n) is 10.4. The van der Waals surface area contributed by atoms with E-state index in [0.717, 1.165) is 49.1 Å². The van der Waals surface area contributed by atoms with Crippen molar-refractivity contribution in [3.8, 4) is 17.6 Å². The zero-order valence-corrected chi connectivity index (χ0v) is 16.7. The number of rotatable bonds is 4. The second kappa shape index (κ2) is 7.85. The van der Waals surface area contributed by atoms with Crippen molar-refractivity contribution in [2.24, 2.45) is 5.92 Å². The summed E-state index contributed by atoms with van der Waals surface area (Å²) in [5.74, 6) is 1.57. The molecule has 0 atom stereocenters. The highest BCUT2D eigenvalue weighted by atomic mass is 16.6. The van der Waals surface area contributed by atoms with E-state index in [0.29, 0.717) is 30.3 Å². The molecule has 2 aliphatic rings. The molecule has 1 aromatic carbocycles. The van der Waals surface area contributed by atoms with Gasteiger partial charge < -0.3 is 13.9 Å². The molecule has 6 nitrogen and oxygen atoms in total. The summed E-state index contributed by atoms with van der Waals surface area (Å²) < 4.78 is 13.2. The van der Waals surface area contributed by atoms with Crippen molar-refractivity contribution in [1.29, 1.82) is 5.26 Å². The fraction of sp³-hybridized carbons (Fsp3) is 0.333. The first-order chi connectivity index (χ1) is 14.7. The number of nitrogens with zero attached hydrogens (tertiary/aromatic N) is 3. The fourth-order valence-electron chi connectivity index (χ4n) is 4.45. The van der Waals surface area contributed by atoms with Crippen molar-refractivity contribution >= 4 is 11.3 Å². The molecule has 4 heterocycles. The van der Waals surface area contributed by atoms with Gasteiger partial charge >= 0.3 is 0 Å². The molecule has 0 amide bonds. The molecule has 30 heavy (non-hydrogen) atoms. The van der Waals surface area contributed by atoms with Crippen LogP contribution in [-0.4, -0.2) is 41.4 Å². The summed E-state index contributed by atoms with van der Waals surface area (Å²) >= 11 is 0. The van der Waals surface area contributed by atoms with E-state index in [-0.39, 0.29) is 11.7 Å². The highest BCUT2D eigenvalue weighted by Crippen LogP contribution is 2.33. The lowest BCUT2D eigenvalue weighted by atomic mass is 9.88. The molecule has 0 bridgehead atoms. The van der Waals surface area contributed by atoms with Crippen LogP contribution in [0.4, 0.5) is 0 Å². The predicted molar refractivity (Wildman–Crippen MR) is 112 cm³/mol. The number of likely N-dealkylation sites (tertiary alicyclic amines) is 1. The van der Waals surface area contributed by atoms with Crippen LogP contribution < -0.4 is 9.47 Å². The molecule has 1 saturated heterocycles. The zero-order chi connectivity index (χ0) is 20.5. The number of hydrogen-bond acceptors (Lipinski definition) is 5. The van der Waals surface area contributed by atoms with Crippen LogP contribution >= 0.6 is 0 Å². The fourth-order valence-corrected chi connectivity index (χ4v) is 4.45. The molecular weight excluding hydrogens is 378 g/mol. The maximum Gasteiger partial charge on any atom is 0.166 e. The van der Waals surface area contributed by atoms with Gasteiger partial charge in [0.25, 0.3) is 0 Å². The molecule has 0 spiro atoms. The van der Waals surface area contributed by atoms with Gasteiger partial charge in [0.2, 0.25) is 0 Å². The molecule has 3 aromatic rings. The summed E-state index contributed by atoms with van der Waals surface area (Å²) in [6.45, 7) is 3.48. The Morgan fingerprint density at radius 2 is 1.90 bits per heavy atom. The number of piperidine rings is 1. The van der Waals surface area contributed by atoms with E-state index in [9.17, 15) is 10.1 Å². The van der Waals surface area contributed by atoms with Crippen molar-refractivity contribution in [1.82, 2.24) is 9.30 Å². The molecular formula is C24H23N3O3. The number of carbonyl (C=O) groups is 1. The van der Waals surface area contributed by atoms with Crippen LogP contribution in [0, 0.1) is 17.2 Å². The Kier molecular flexibility index (Phi) is 4.89. The first-order valence-corrected chi connectivity index (χ1v) is 10.4. The third kappa shape index (κ3) is 3.42. The Hall–Kier alpha value is -3.30. The van der Waals surface area contributed by atoms with Gasteiger partial charge in [0.05, 0.1) is 11.1 Å². The van der Waals surface area contributed by atoms with E-state index < -0.39 is 0 Å². The number of carbonyl (C=O) groups excluding carboxylic acids is 1. The number of hydrogen-bond donors (Lipinski definition) is 0. The van der Waals surface area contributed by atoms with Crippen molar-refractivity contribution in [2.75, 3.05) is 26.3 Å². The van der Waals surface area contributed by atoms with Crippen LogP contribution in [0.1, 0.15) is 34.3 Å². The number of ether oxygens (including phenoxy) is 2. The lowest BCUT2D eigenvalue weighted by Crippen LogP contribution is -2.36. The lowest BCUT2D eigenvalue weighted by Gasteiger charge is -2.31. The van der Waals surface area contributed by atoms with Gasteiger partial charge in [-0.1, -0.05) is 6.07 Å². The summed E-state index contributed by atoms with van der Waals surface area (Å²) in [7, 11) is 0. The van der Waals surface area contributed by atoms with Gasteiger partial charge in [0, 0.05) is 36.0 Å². The van der Waals surface area contributed by atoms with E-state index in [4.69, 9.17) is 9.47 Å². The molecule has 2 aromatic heterocycles. The minimum absolute atomic E-state index is 0.0207. The van der Waals surface area contributed by atoms with Crippen molar-refractivity contribution in [3.05, 3.63) is 65.5 Å². The largest absolute Gasteiger partial charge is 0.486 e. The first kappa shape index (κ1) is 18.7. The van der Waals surface area contributed by atoms with Gasteiger partial charge in [-0.15, -0.1) is 0 Å². The molecule has 1 fully saturated rings. The highest BCUT2D eigenvalue weighted by Gasteiger charge is 2.27. The van der Waals surface area contributed by atoms with Crippen LogP contribution in [0.2, 0.25) is 0 Å². The topological polar surface area (TPSA) is 67.0 Å². The third-order valence-corrected chi connectivity index (χ3v) is 6.05. The minimum atomic E-state index is 0.0207. The zero-order valence-electron chi connectivity index (χ0n) is 16.7. The van der Waals surface area contributed by atoms with E-state index in [1.165, 1.54) is 0 Å². The van der Waals surface area contributed by atoms with Crippen LogP contribution in [0.5, 0.6) is 11.5 Å². The standard InChI is InChI=1S/C24H23N3O3/c25-14-20-19(16-27-8-2-1-3-21(20)27)15-26-9-6-17(7-10-26)24(28)18-4-5-22-23(13-18)30-12-11-29-22/h1-5,8,13,16-17H,6-7,9-12,15H2. The smallest absolute Gasteiger partial charge is 0.166 e. The van der Waals surface area contributed by atoms with Gasteiger partial charge in [0.1, 0.15) is 19.3 Å².